The van der Waals surface area contributed by atoms with Crippen LogP contribution in [0.4, 0.5) is 10.1 Å². The van der Waals surface area contributed by atoms with Crippen molar-refractivity contribution in [2.45, 2.75) is 4.90 Å². The minimum Gasteiger partial charge on any atom is -0.396 e. The second-order valence-electron chi connectivity index (χ2n) is 2.99. The summed E-state index contributed by atoms with van der Waals surface area (Å²) in [7, 11) is -3.38. The quantitative estimate of drug-likeness (QED) is 0.822. The Hall–Kier alpha value is -0.750. The van der Waals surface area contributed by atoms with Gasteiger partial charge in [0.05, 0.1) is 16.3 Å². The Labute approximate surface area is 92.8 Å². The van der Waals surface area contributed by atoms with E-state index in [2.05, 4.69) is 0 Å². The van der Waals surface area contributed by atoms with Crippen LogP contribution in [0.25, 0.3) is 0 Å². The number of anilines is 1. The van der Waals surface area contributed by atoms with Gasteiger partial charge < -0.3 is 5.73 Å². The smallest absolute Gasteiger partial charge is 0.179 e. The van der Waals surface area contributed by atoms with Crippen LogP contribution in [0, 0.1) is 5.82 Å². The van der Waals surface area contributed by atoms with Crippen LogP contribution in [0.5, 0.6) is 0 Å². The Morgan fingerprint density at radius 1 is 1.47 bits per heavy atom. The molecule has 0 aliphatic rings. The third kappa shape index (κ3) is 3.10. The van der Waals surface area contributed by atoms with Crippen molar-refractivity contribution in [3.05, 3.63) is 24.0 Å². The molecule has 0 heterocycles. The molecule has 0 aliphatic heterocycles. The summed E-state index contributed by atoms with van der Waals surface area (Å²) in [6, 6.07) is 3.56. The zero-order valence-electron chi connectivity index (χ0n) is 8.23. The highest BCUT2D eigenvalue weighted by atomic mass is 32.2. The molecule has 0 radical (unpaired) electrons. The summed E-state index contributed by atoms with van der Waals surface area (Å²) in [6.45, 7) is 0. The first-order chi connectivity index (χ1) is 6.97. The minimum atomic E-state index is -3.38. The molecule has 84 valence electrons. The van der Waals surface area contributed by atoms with Crippen LogP contribution >= 0.6 is 11.8 Å². The average molecular weight is 249 g/mol. The molecule has 0 unspecified atom stereocenters. The Balaban J connectivity index is 3.00. The van der Waals surface area contributed by atoms with Crippen molar-refractivity contribution in [3.63, 3.8) is 0 Å². The third-order valence-electron chi connectivity index (χ3n) is 1.89. The van der Waals surface area contributed by atoms with Crippen molar-refractivity contribution < 1.29 is 12.8 Å². The van der Waals surface area contributed by atoms with Crippen molar-refractivity contribution in [1.29, 1.82) is 0 Å². The van der Waals surface area contributed by atoms with Crippen LogP contribution in [0.15, 0.2) is 23.1 Å². The molecule has 2 N–H and O–H groups in total. The van der Waals surface area contributed by atoms with Crippen molar-refractivity contribution >= 4 is 27.3 Å². The number of hydrogen-bond donors (Lipinski definition) is 1. The number of rotatable bonds is 4. The summed E-state index contributed by atoms with van der Waals surface area (Å²) < 4.78 is 36.3. The minimum absolute atomic E-state index is 0.0109. The predicted molar refractivity (Wildman–Crippen MR) is 61.2 cm³/mol. The van der Waals surface area contributed by atoms with E-state index in [-0.39, 0.29) is 16.3 Å². The van der Waals surface area contributed by atoms with Gasteiger partial charge in [-0.1, -0.05) is 0 Å². The van der Waals surface area contributed by atoms with Crippen molar-refractivity contribution in [2.75, 3.05) is 23.5 Å². The summed E-state index contributed by atoms with van der Waals surface area (Å²) in [5, 5.41) is 0. The summed E-state index contributed by atoms with van der Waals surface area (Å²) >= 11 is 1.43. The number of nitrogen functional groups attached to an aromatic ring is 1. The van der Waals surface area contributed by atoms with Crippen molar-refractivity contribution in [1.82, 2.24) is 0 Å². The Bertz CT molecular complexity index is 445. The summed E-state index contributed by atoms with van der Waals surface area (Å²) in [5.74, 6) is -0.188. The van der Waals surface area contributed by atoms with E-state index < -0.39 is 15.7 Å². The van der Waals surface area contributed by atoms with E-state index in [0.717, 1.165) is 6.07 Å². The number of hydrogen-bond acceptors (Lipinski definition) is 4. The van der Waals surface area contributed by atoms with E-state index in [4.69, 9.17) is 5.73 Å². The highest BCUT2D eigenvalue weighted by Gasteiger charge is 2.15. The van der Waals surface area contributed by atoms with E-state index in [1.54, 1.807) is 0 Å². The van der Waals surface area contributed by atoms with E-state index in [1.165, 1.54) is 23.9 Å². The second kappa shape index (κ2) is 4.85. The van der Waals surface area contributed by atoms with Gasteiger partial charge in [-0.3, -0.25) is 0 Å². The lowest BCUT2D eigenvalue weighted by Gasteiger charge is -2.04. The highest BCUT2D eigenvalue weighted by Crippen LogP contribution is 2.17. The first-order valence-electron chi connectivity index (χ1n) is 4.24. The van der Waals surface area contributed by atoms with Crippen LogP contribution < -0.4 is 5.73 Å². The fraction of sp³-hybridized carbons (Fsp3) is 0.333. The number of nitrogens with two attached hydrogens (primary N) is 1. The Morgan fingerprint density at radius 3 is 2.67 bits per heavy atom. The van der Waals surface area contributed by atoms with Crippen LogP contribution in [-0.2, 0) is 9.84 Å². The molecule has 3 nitrogen and oxygen atoms in total. The molecule has 0 bridgehead atoms. The first kappa shape index (κ1) is 12.3. The molecule has 0 fully saturated rings. The van der Waals surface area contributed by atoms with E-state index >= 15 is 0 Å². The maximum atomic E-state index is 13.0. The van der Waals surface area contributed by atoms with Gasteiger partial charge in [-0.25, -0.2) is 12.8 Å². The van der Waals surface area contributed by atoms with Crippen LogP contribution in [0.3, 0.4) is 0 Å². The first-order valence-corrected chi connectivity index (χ1v) is 7.28. The summed E-state index contributed by atoms with van der Waals surface area (Å²) in [5.41, 5.74) is 5.22. The van der Waals surface area contributed by atoms with Crippen molar-refractivity contribution in [2.24, 2.45) is 0 Å². The fourth-order valence-corrected chi connectivity index (χ4v) is 3.35. The van der Waals surface area contributed by atoms with Gasteiger partial charge in [0, 0.05) is 5.75 Å². The largest absolute Gasteiger partial charge is 0.396 e. The summed E-state index contributed by atoms with van der Waals surface area (Å²) in [6.07, 6.45) is 1.82. The normalized spacial score (nSPS) is 11.6. The van der Waals surface area contributed by atoms with E-state index in [9.17, 15) is 12.8 Å². The molecule has 1 aromatic carbocycles. The molecule has 0 spiro atoms. The molecule has 0 saturated carbocycles. The fourth-order valence-electron chi connectivity index (χ4n) is 1.01. The number of benzene rings is 1. The lowest BCUT2D eigenvalue weighted by Crippen LogP contribution is -2.09. The second-order valence-corrected chi connectivity index (χ2v) is 6.09. The van der Waals surface area contributed by atoms with E-state index in [1.807, 2.05) is 6.26 Å². The van der Waals surface area contributed by atoms with Gasteiger partial charge in [0.25, 0.3) is 0 Å². The molecule has 0 aliphatic carbocycles. The molecule has 0 atom stereocenters. The maximum Gasteiger partial charge on any atom is 0.179 e. The molecule has 0 saturated heterocycles. The average Bonchev–Trinajstić information content (AvgIpc) is 2.19. The molecule has 0 amide bonds. The molecule has 0 aromatic heterocycles. The molecular weight excluding hydrogens is 237 g/mol. The van der Waals surface area contributed by atoms with Crippen LogP contribution in [0.1, 0.15) is 0 Å². The standard InChI is InChI=1S/C9H12FNO2S2/c1-14-4-5-15(12,13)7-2-3-9(11)8(10)6-7/h2-3,6H,4-5,11H2,1H3. The van der Waals surface area contributed by atoms with Crippen LogP contribution in [-0.4, -0.2) is 26.2 Å². The van der Waals surface area contributed by atoms with Gasteiger partial charge in [-0.15, -0.1) is 0 Å². The van der Waals surface area contributed by atoms with Gasteiger partial charge in [-0.05, 0) is 24.5 Å². The maximum absolute atomic E-state index is 13.0. The van der Waals surface area contributed by atoms with Gasteiger partial charge >= 0.3 is 0 Å². The van der Waals surface area contributed by atoms with E-state index in [0.29, 0.717) is 5.75 Å². The summed E-state index contributed by atoms with van der Waals surface area (Å²) in [4.78, 5) is -0.0109. The Kier molecular flexibility index (Phi) is 3.98. The third-order valence-corrected chi connectivity index (χ3v) is 4.47. The Morgan fingerprint density at radius 2 is 2.13 bits per heavy atom. The van der Waals surface area contributed by atoms with Gasteiger partial charge in [0.15, 0.2) is 9.84 Å². The topological polar surface area (TPSA) is 60.2 Å². The van der Waals surface area contributed by atoms with Gasteiger partial charge in [0.1, 0.15) is 5.82 Å². The van der Waals surface area contributed by atoms with Crippen molar-refractivity contribution in [3.8, 4) is 0 Å². The lowest BCUT2D eigenvalue weighted by molar-refractivity contribution is 0.593. The van der Waals surface area contributed by atoms with Crippen LogP contribution in [0.2, 0.25) is 0 Å². The number of thioether (sulfide) groups is 1. The monoisotopic (exact) mass is 249 g/mol. The number of halogens is 1. The zero-order chi connectivity index (χ0) is 11.5. The SMILES string of the molecule is CSCCS(=O)(=O)c1ccc(N)c(F)c1. The number of sulfone groups is 1. The lowest BCUT2D eigenvalue weighted by atomic mass is 10.3. The van der Waals surface area contributed by atoms with Gasteiger partial charge in [0.2, 0.25) is 0 Å². The molecule has 6 heteroatoms. The highest BCUT2D eigenvalue weighted by molar-refractivity contribution is 8.00. The van der Waals surface area contributed by atoms with Gasteiger partial charge in [-0.2, -0.15) is 11.8 Å². The molecular formula is C9H12FNO2S2. The zero-order valence-corrected chi connectivity index (χ0v) is 9.87. The predicted octanol–water partition coefficient (Wildman–Crippen LogP) is 1.54. The molecule has 1 rings (SSSR count). The molecule has 15 heavy (non-hydrogen) atoms. The molecule has 1 aromatic rings.